The van der Waals surface area contributed by atoms with Crippen LogP contribution in [0.25, 0.3) is 0 Å². The number of anilines is 1. The standard InChI is InChI=1S/C17H18N4/c18-12-15-9-10-17(21-20-15)19-16(11-13-5-4-6-13)14-7-2-1-3-8-14/h1-3,7-10,13,16H,4-6,11H2,(H,19,21). The topological polar surface area (TPSA) is 61.6 Å². The number of hydrogen-bond donors (Lipinski definition) is 1. The fraction of sp³-hybridized carbons (Fsp3) is 0.353. The summed E-state index contributed by atoms with van der Waals surface area (Å²) in [5, 5.41) is 20.2. The van der Waals surface area contributed by atoms with Gasteiger partial charge in [-0.3, -0.25) is 0 Å². The summed E-state index contributed by atoms with van der Waals surface area (Å²) >= 11 is 0. The zero-order valence-electron chi connectivity index (χ0n) is 11.9. The molecular weight excluding hydrogens is 260 g/mol. The van der Waals surface area contributed by atoms with Crippen molar-refractivity contribution in [3.63, 3.8) is 0 Å². The first-order valence-electron chi connectivity index (χ1n) is 7.40. The van der Waals surface area contributed by atoms with Gasteiger partial charge < -0.3 is 5.32 Å². The molecule has 3 rings (SSSR count). The SMILES string of the molecule is N#Cc1ccc(NC(CC2CCC2)c2ccccc2)nn1. The maximum absolute atomic E-state index is 8.77. The largest absolute Gasteiger partial charge is 0.362 e. The molecule has 0 saturated heterocycles. The van der Waals surface area contributed by atoms with Gasteiger partial charge in [-0.25, -0.2) is 0 Å². The molecule has 21 heavy (non-hydrogen) atoms. The Hall–Kier alpha value is -2.41. The minimum Gasteiger partial charge on any atom is -0.362 e. The third kappa shape index (κ3) is 3.38. The number of rotatable bonds is 5. The van der Waals surface area contributed by atoms with E-state index in [9.17, 15) is 0 Å². The molecule has 4 heteroatoms. The fourth-order valence-corrected chi connectivity index (χ4v) is 2.67. The third-order valence-electron chi connectivity index (χ3n) is 4.10. The van der Waals surface area contributed by atoms with E-state index in [1.807, 2.05) is 18.2 Å². The Balaban J connectivity index is 1.76. The summed E-state index contributed by atoms with van der Waals surface area (Å²) in [5.74, 6) is 1.52. The highest BCUT2D eigenvalue weighted by Gasteiger charge is 2.23. The summed E-state index contributed by atoms with van der Waals surface area (Å²) in [4.78, 5) is 0. The maximum Gasteiger partial charge on any atom is 0.163 e. The van der Waals surface area contributed by atoms with Crippen LogP contribution in [-0.2, 0) is 0 Å². The number of hydrogen-bond acceptors (Lipinski definition) is 4. The second-order valence-corrected chi connectivity index (χ2v) is 5.56. The molecule has 1 aromatic carbocycles. The van der Waals surface area contributed by atoms with Gasteiger partial charge in [0.2, 0.25) is 0 Å². The van der Waals surface area contributed by atoms with Crippen LogP contribution < -0.4 is 5.32 Å². The van der Waals surface area contributed by atoms with Crippen LogP contribution in [0.2, 0.25) is 0 Å². The molecule has 0 aliphatic heterocycles. The van der Waals surface area contributed by atoms with Gasteiger partial charge in [-0.05, 0) is 30.0 Å². The molecule has 2 aromatic rings. The van der Waals surface area contributed by atoms with E-state index in [1.165, 1.54) is 24.8 Å². The van der Waals surface area contributed by atoms with Crippen LogP contribution in [0.1, 0.15) is 43.0 Å². The molecule has 1 aliphatic carbocycles. The number of aromatic nitrogens is 2. The Morgan fingerprint density at radius 1 is 1.14 bits per heavy atom. The molecule has 4 nitrogen and oxygen atoms in total. The van der Waals surface area contributed by atoms with Gasteiger partial charge in [0.1, 0.15) is 11.9 Å². The molecule has 0 spiro atoms. The van der Waals surface area contributed by atoms with Crippen LogP contribution in [0.3, 0.4) is 0 Å². The first kappa shape index (κ1) is 13.6. The van der Waals surface area contributed by atoms with E-state index in [0.29, 0.717) is 5.69 Å². The average Bonchev–Trinajstić information content (AvgIpc) is 2.51. The smallest absolute Gasteiger partial charge is 0.163 e. The highest BCUT2D eigenvalue weighted by molar-refractivity contribution is 5.39. The molecule has 0 amide bonds. The van der Waals surface area contributed by atoms with Crippen molar-refractivity contribution >= 4 is 5.82 Å². The lowest BCUT2D eigenvalue weighted by atomic mass is 9.79. The Kier molecular flexibility index (Phi) is 4.11. The zero-order chi connectivity index (χ0) is 14.5. The van der Waals surface area contributed by atoms with Gasteiger partial charge in [0.25, 0.3) is 0 Å². The minimum atomic E-state index is 0.249. The van der Waals surface area contributed by atoms with Crippen molar-refractivity contribution < 1.29 is 0 Å². The predicted octanol–water partition coefficient (Wildman–Crippen LogP) is 3.69. The molecule has 1 aliphatic rings. The molecule has 106 valence electrons. The van der Waals surface area contributed by atoms with Crippen molar-refractivity contribution in [2.75, 3.05) is 5.32 Å². The number of nitriles is 1. The van der Waals surface area contributed by atoms with E-state index in [0.717, 1.165) is 18.2 Å². The Labute approximate surface area is 124 Å². The number of nitrogens with zero attached hydrogens (tertiary/aromatic N) is 3. The Morgan fingerprint density at radius 3 is 2.52 bits per heavy atom. The quantitative estimate of drug-likeness (QED) is 0.906. The molecule has 1 atom stereocenters. The lowest BCUT2D eigenvalue weighted by Crippen LogP contribution is -2.20. The van der Waals surface area contributed by atoms with Gasteiger partial charge in [0.05, 0.1) is 6.04 Å². The van der Waals surface area contributed by atoms with Crippen LogP contribution in [0.5, 0.6) is 0 Å². The van der Waals surface area contributed by atoms with Crippen molar-refractivity contribution in [2.45, 2.75) is 31.7 Å². The molecule has 1 heterocycles. The summed E-state index contributed by atoms with van der Waals surface area (Å²) < 4.78 is 0. The van der Waals surface area contributed by atoms with E-state index in [4.69, 9.17) is 5.26 Å². The fourth-order valence-electron chi connectivity index (χ4n) is 2.67. The van der Waals surface area contributed by atoms with E-state index in [1.54, 1.807) is 6.07 Å². The van der Waals surface area contributed by atoms with Crippen molar-refractivity contribution in [2.24, 2.45) is 5.92 Å². The third-order valence-corrected chi connectivity index (χ3v) is 4.10. The van der Waals surface area contributed by atoms with Gasteiger partial charge in [-0.1, -0.05) is 49.6 Å². The van der Waals surface area contributed by atoms with Gasteiger partial charge >= 0.3 is 0 Å². The van der Waals surface area contributed by atoms with Crippen LogP contribution in [0.4, 0.5) is 5.82 Å². The summed E-state index contributed by atoms with van der Waals surface area (Å²) in [6, 6.07) is 16.2. The molecule has 0 bridgehead atoms. The van der Waals surface area contributed by atoms with Crippen LogP contribution in [0, 0.1) is 17.2 Å². The van der Waals surface area contributed by atoms with Crippen molar-refractivity contribution in [1.82, 2.24) is 10.2 Å². The van der Waals surface area contributed by atoms with E-state index >= 15 is 0 Å². The monoisotopic (exact) mass is 278 g/mol. The summed E-state index contributed by atoms with van der Waals surface area (Å²) in [6.07, 6.45) is 5.11. The van der Waals surface area contributed by atoms with Gasteiger partial charge in [-0.2, -0.15) is 5.26 Å². The first-order valence-corrected chi connectivity index (χ1v) is 7.40. The molecule has 0 radical (unpaired) electrons. The summed E-state index contributed by atoms with van der Waals surface area (Å²) in [7, 11) is 0. The average molecular weight is 278 g/mol. The highest BCUT2D eigenvalue weighted by Crippen LogP contribution is 2.35. The second-order valence-electron chi connectivity index (χ2n) is 5.56. The maximum atomic E-state index is 8.77. The van der Waals surface area contributed by atoms with Crippen molar-refractivity contribution in [1.29, 1.82) is 5.26 Å². The molecule has 1 saturated carbocycles. The van der Waals surface area contributed by atoms with Crippen molar-refractivity contribution in [3.8, 4) is 6.07 Å². The lowest BCUT2D eigenvalue weighted by Gasteiger charge is -2.30. The highest BCUT2D eigenvalue weighted by atomic mass is 15.2. The van der Waals surface area contributed by atoms with Gasteiger partial charge in [0.15, 0.2) is 5.69 Å². The van der Waals surface area contributed by atoms with Crippen LogP contribution in [0.15, 0.2) is 42.5 Å². The van der Waals surface area contributed by atoms with E-state index in [2.05, 4.69) is 39.8 Å². The lowest BCUT2D eigenvalue weighted by molar-refractivity contribution is 0.282. The van der Waals surface area contributed by atoms with E-state index in [-0.39, 0.29) is 6.04 Å². The first-order chi connectivity index (χ1) is 10.3. The minimum absolute atomic E-state index is 0.249. The van der Waals surface area contributed by atoms with Crippen molar-refractivity contribution in [3.05, 3.63) is 53.7 Å². The molecule has 1 N–H and O–H groups in total. The number of nitrogens with one attached hydrogen (secondary N) is 1. The Morgan fingerprint density at radius 2 is 1.95 bits per heavy atom. The molecular formula is C17H18N4. The van der Waals surface area contributed by atoms with Gasteiger partial charge in [-0.15, -0.1) is 10.2 Å². The second kappa shape index (κ2) is 6.36. The summed E-state index contributed by atoms with van der Waals surface area (Å²) in [5.41, 5.74) is 1.62. The molecule has 1 aromatic heterocycles. The molecule has 1 unspecified atom stereocenters. The molecule has 1 fully saturated rings. The number of benzene rings is 1. The van der Waals surface area contributed by atoms with Gasteiger partial charge in [0, 0.05) is 0 Å². The predicted molar refractivity (Wildman–Crippen MR) is 81.5 cm³/mol. The van der Waals surface area contributed by atoms with Crippen LogP contribution >= 0.6 is 0 Å². The zero-order valence-corrected chi connectivity index (χ0v) is 11.9. The van der Waals surface area contributed by atoms with Crippen LogP contribution in [-0.4, -0.2) is 10.2 Å². The Bertz CT molecular complexity index is 611. The summed E-state index contributed by atoms with van der Waals surface area (Å²) in [6.45, 7) is 0. The van der Waals surface area contributed by atoms with E-state index < -0.39 is 0 Å². The normalized spacial score (nSPS) is 15.8.